The molecule has 0 fully saturated rings. The molecule has 0 aromatic heterocycles. The van der Waals surface area contributed by atoms with E-state index >= 15 is 0 Å². The molecular formula is C16H17NO4. The van der Waals surface area contributed by atoms with Gasteiger partial charge < -0.3 is 4.74 Å². The van der Waals surface area contributed by atoms with Crippen molar-refractivity contribution in [3.8, 4) is 0 Å². The second kappa shape index (κ2) is 6.83. The number of ether oxygens (including phenoxy) is 1. The zero-order valence-corrected chi connectivity index (χ0v) is 11.9. The van der Waals surface area contributed by atoms with E-state index in [4.69, 9.17) is 4.74 Å². The average molecular weight is 287 g/mol. The molecule has 0 unspecified atom stereocenters. The first-order valence-electron chi connectivity index (χ1n) is 6.90. The van der Waals surface area contributed by atoms with Gasteiger partial charge in [-0.15, -0.1) is 0 Å². The summed E-state index contributed by atoms with van der Waals surface area (Å²) in [7, 11) is 0. The summed E-state index contributed by atoms with van der Waals surface area (Å²) in [5, 5.41) is 0. The van der Waals surface area contributed by atoms with Crippen molar-refractivity contribution in [2.45, 2.75) is 19.8 Å². The number of carbonyl (C=O) groups is 3. The van der Waals surface area contributed by atoms with E-state index in [-0.39, 0.29) is 24.4 Å². The lowest BCUT2D eigenvalue weighted by Crippen LogP contribution is -2.30. The minimum Gasteiger partial charge on any atom is -0.463 e. The summed E-state index contributed by atoms with van der Waals surface area (Å²) in [5.74, 6) is -0.874. The molecule has 0 saturated carbocycles. The molecular weight excluding hydrogens is 270 g/mol. The number of amides is 2. The van der Waals surface area contributed by atoms with Gasteiger partial charge in [-0.25, -0.2) is 4.79 Å². The standard InChI is InChI=1S/C16H17NO4/c1-2-7-14(18)21-11-6-5-10-17-15(19)12-8-3-4-9-13(12)16(17)20/h2-4,7-9H,5-6,10-11H2,1H3/b7-2+. The first-order valence-corrected chi connectivity index (χ1v) is 6.90. The Hall–Kier alpha value is -2.43. The van der Waals surface area contributed by atoms with E-state index in [9.17, 15) is 14.4 Å². The highest BCUT2D eigenvalue weighted by atomic mass is 16.5. The van der Waals surface area contributed by atoms with E-state index in [2.05, 4.69) is 0 Å². The second-order valence-electron chi connectivity index (χ2n) is 4.68. The molecule has 5 heteroatoms. The topological polar surface area (TPSA) is 63.7 Å². The van der Waals surface area contributed by atoms with E-state index < -0.39 is 0 Å². The van der Waals surface area contributed by atoms with Crippen molar-refractivity contribution in [1.82, 2.24) is 4.90 Å². The van der Waals surface area contributed by atoms with Crippen LogP contribution in [0.1, 0.15) is 40.5 Å². The maximum absolute atomic E-state index is 12.1. The molecule has 0 spiro atoms. The fourth-order valence-electron chi connectivity index (χ4n) is 2.17. The van der Waals surface area contributed by atoms with Gasteiger partial charge in [0.05, 0.1) is 17.7 Å². The number of rotatable bonds is 6. The van der Waals surface area contributed by atoms with Crippen LogP contribution in [0.2, 0.25) is 0 Å². The molecule has 1 heterocycles. The predicted octanol–water partition coefficient (Wildman–Crippen LogP) is 2.18. The van der Waals surface area contributed by atoms with Crippen molar-refractivity contribution in [2.24, 2.45) is 0 Å². The summed E-state index contributed by atoms with van der Waals surface area (Å²) in [6.07, 6.45) is 4.18. The molecule has 5 nitrogen and oxygen atoms in total. The summed E-state index contributed by atoms with van der Waals surface area (Å²) in [4.78, 5) is 36.5. The molecule has 110 valence electrons. The highest BCUT2D eigenvalue weighted by molar-refractivity contribution is 6.21. The molecule has 2 amide bonds. The molecule has 0 bridgehead atoms. The molecule has 1 aliphatic heterocycles. The molecule has 1 aromatic carbocycles. The molecule has 0 N–H and O–H groups in total. The SMILES string of the molecule is C/C=C/C(=O)OCCCCN1C(=O)c2ccccc2C1=O. The Morgan fingerprint density at radius 2 is 1.76 bits per heavy atom. The fourth-order valence-corrected chi connectivity index (χ4v) is 2.17. The first kappa shape index (κ1) is 15.0. The number of allylic oxidation sites excluding steroid dienone is 1. The van der Waals surface area contributed by atoms with Crippen LogP contribution in [0.5, 0.6) is 0 Å². The number of unbranched alkanes of at least 4 members (excludes halogenated alkanes) is 1. The van der Waals surface area contributed by atoms with Crippen LogP contribution in [0.15, 0.2) is 36.4 Å². The fraction of sp³-hybridized carbons (Fsp3) is 0.312. The molecule has 1 aromatic rings. The molecule has 2 rings (SSSR count). The van der Waals surface area contributed by atoms with Crippen molar-refractivity contribution in [1.29, 1.82) is 0 Å². The zero-order valence-electron chi connectivity index (χ0n) is 11.9. The van der Waals surface area contributed by atoms with Gasteiger partial charge in [-0.1, -0.05) is 18.2 Å². The van der Waals surface area contributed by atoms with Crippen molar-refractivity contribution < 1.29 is 19.1 Å². The van der Waals surface area contributed by atoms with Crippen molar-refractivity contribution >= 4 is 17.8 Å². The number of nitrogens with zero attached hydrogens (tertiary/aromatic N) is 1. The lowest BCUT2D eigenvalue weighted by atomic mass is 10.1. The van der Waals surface area contributed by atoms with Crippen LogP contribution in [0.25, 0.3) is 0 Å². The summed E-state index contributed by atoms with van der Waals surface area (Å²) >= 11 is 0. The Labute approximate surface area is 123 Å². The Morgan fingerprint density at radius 1 is 1.14 bits per heavy atom. The first-order chi connectivity index (χ1) is 10.1. The van der Waals surface area contributed by atoms with Gasteiger partial charge in [-0.05, 0) is 31.9 Å². The zero-order chi connectivity index (χ0) is 15.2. The van der Waals surface area contributed by atoms with Gasteiger partial charge in [-0.2, -0.15) is 0 Å². The monoisotopic (exact) mass is 287 g/mol. The van der Waals surface area contributed by atoms with Gasteiger partial charge in [0.25, 0.3) is 11.8 Å². The molecule has 1 aliphatic rings. The van der Waals surface area contributed by atoms with Gasteiger partial charge in [0.2, 0.25) is 0 Å². The van der Waals surface area contributed by atoms with E-state index in [1.807, 2.05) is 0 Å². The number of esters is 1. The van der Waals surface area contributed by atoms with E-state index in [0.29, 0.717) is 30.5 Å². The van der Waals surface area contributed by atoms with Gasteiger partial charge >= 0.3 is 5.97 Å². The van der Waals surface area contributed by atoms with E-state index in [1.54, 1.807) is 37.3 Å². The number of fused-ring (bicyclic) bond motifs is 1. The second-order valence-corrected chi connectivity index (χ2v) is 4.68. The summed E-state index contributed by atoms with van der Waals surface area (Å²) in [6.45, 7) is 2.36. The van der Waals surface area contributed by atoms with Crippen molar-refractivity contribution in [3.63, 3.8) is 0 Å². The largest absolute Gasteiger partial charge is 0.463 e. The predicted molar refractivity (Wildman–Crippen MR) is 76.8 cm³/mol. The van der Waals surface area contributed by atoms with Gasteiger partial charge in [0.15, 0.2) is 0 Å². The van der Waals surface area contributed by atoms with Gasteiger partial charge in [0, 0.05) is 12.6 Å². The van der Waals surface area contributed by atoms with E-state index in [0.717, 1.165) is 0 Å². The molecule has 21 heavy (non-hydrogen) atoms. The van der Waals surface area contributed by atoms with Crippen LogP contribution in [-0.4, -0.2) is 35.8 Å². The number of imide groups is 1. The van der Waals surface area contributed by atoms with E-state index in [1.165, 1.54) is 11.0 Å². The van der Waals surface area contributed by atoms with Crippen LogP contribution in [0.4, 0.5) is 0 Å². The van der Waals surface area contributed by atoms with Crippen LogP contribution in [0.3, 0.4) is 0 Å². The maximum atomic E-state index is 12.1. The average Bonchev–Trinajstić information content (AvgIpc) is 2.72. The minimum absolute atomic E-state index is 0.249. The number of carbonyl (C=O) groups excluding carboxylic acids is 3. The van der Waals surface area contributed by atoms with Crippen LogP contribution < -0.4 is 0 Å². The Morgan fingerprint density at radius 3 is 2.33 bits per heavy atom. The third-order valence-electron chi connectivity index (χ3n) is 3.20. The quantitative estimate of drug-likeness (QED) is 0.348. The van der Waals surface area contributed by atoms with Gasteiger partial charge in [-0.3, -0.25) is 14.5 Å². The maximum Gasteiger partial charge on any atom is 0.330 e. The van der Waals surface area contributed by atoms with Gasteiger partial charge in [0.1, 0.15) is 0 Å². The number of hydrogen-bond donors (Lipinski definition) is 0. The Bertz CT molecular complexity index is 557. The highest BCUT2D eigenvalue weighted by Crippen LogP contribution is 2.22. The highest BCUT2D eigenvalue weighted by Gasteiger charge is 2.34. The third-order valence-corrected chi connectivity index (χ3v) is 3.20. The number of hydrogen-bond acceptors (Lipinski definition) is 4. The Balaban J connectivity index is 1.79. The summed E-state index contributed by atoms with van der Waals surface area (Å²) < 4.78 is 4.95. The summed E-state index contributed by atoms with van der Waals surface area (Å²) in [5.41, 5.74) is 0.920. The van der Waals surface area contributed by atoms with Crippen molar-refractivity contribution in [2.75, 3.05) is 13.2 Å². The lowest BCUT2D eigenvalue weighted by Gasteiger charge is -2.13. The molecule has 0 radical (unpaired) electrons. The summed E-state index contributed by atoms with van der Waals surface area (Å²) in [6, 6.07) is 6.81. The molecule has 0 atom stereocenters. The third kappa shape index (κ3) is 3.37. The Kier molecular flexibility index (Phi) is 4.87. The molecule has 0 saturated heterocycles. The molecule has 0 aliphatic carbocycles. The van der Waals surface area contributed by atoms with Crippen LogP contribution >= 0.6 is 0 Å². The smallest absolute Gasteiger partial charge is 0.330 e. The normalized spacial score (nSPS) is 13.9. The van der Waals surface area contributed by atoms with Crippen LogP contribution in [0, 0.1) is 0 Å². The van der Waals surface area contributed by atoms with Crippen LogP contribution in [-0.2, 0) is 9.53 Å². The number of benzene rings is 1. The lowest BCUT2D eigenvalue weighted by molar-refractivity contribution is -0.137. The van der Waals surface area contributed by atoms with Crippen molar-refractivity contribution in [3.05, 3.63) is 47.5 Å². The minimum atomic E-state index is -0.377.